The van der Waals surface area contributed by atoms with Crippen molar-refractivity contribution in [3.05, 3.63) is 0 Å². The minimum absolute atomic E-state index is 0.144. The van der Waals surface area contributed by atoms with Gasteiger partial charge in [-0.3, -0.25) is 9.36 Å². The van der Waals surface area contributed by atoms with Gasteiger partial charge in [0.25, 0.3) is 0 Å². The zero-order chi connectivity index (χ0) is 14.9. The lowest BCUT2D eigenvalue weighted by Gasteiger charge is -2.26. The first-order valence-corrected chi connectivity index (χ1v) is 7.89. The molecule has 0 saturated carbocycles. The van der Waals surface area contributed by atoms with Gasteiger partial charge in [0, 0.05) is 0 Å². The van der Waals surface area contributed by atoms with E-state index in [1.165, 1.54) is 0 Å². The van der Waals surface area contributed by atoms with Gasteiger partial charge in [-0.05, 0) is 33.2 Å². The fourth-order valence-corrected chi connectivity index (χ4v) is 3.08. The predicted octanol–water partition coefficient (Wildman–Crippen LogP) is 1.09. The molecule has 8 nitrogen and oxygen atoms in total. The lowest BCUT2D eigenvalue weighted by atomic mass is 10.1. The van der Waals surface area contributed by atoms with E-state index < -0.39 is 25.9 Å². The van der Waals surface area contributed by atoms with E-state index >= 15 is 0 Å². The molecule has 0 unspecified atom stereocenters. The minimum Gasteiger partial charge on any atom is -0.480 e. The molecule has 0 bridgehead atoms. The Hall–Kier alpha value is -0.500. The van der Waals surface area contributed by atoms with Crippen LogP contribution in [0.4, 0.5) is 0 Å². The molecule has 1 atom stereocenters. The van der Waals surface area contributed by atoms with Gasteiger partial charge in [0.15, 0.2) is 0 Å². The Labute approximate surface area is 113 Å². The Kier molecular flexibility index (Phi) is 9.16. The van der Waals surface area contributed by atoms with E-state index in [9.17, 15) is 14.6 Å². The summed E-state index contributed by atoms with van der Waals surface area (Å²) in [4.78, 5) is 11.0. The lowest BCUT2D eigenvalue weighted by Crippen LogP contribution is -2.40. The molecular formula is C10H23N2O6P. The van der Waals surface area contributed by atoms with Crippen molar-refractivity contribution < 1.29 is 28.7 Å². The SMILES string of the molecule is CCOP(=O)(CN(O)[C@@H](CCCN)C(=O)O)OCC. The summed E-state index contributed by atoms with van der Waals surface area (Å²) in [7, 11) is -3.52. The molecule has 0 fully saturated rings. The van der Waals surface area contributed by atoms with E-state index in [2.05, 4.69) is 0 Å². The molecule has 0 saturated heterocycles. The van der Waals surface area contributed by atoms with E-state index in [4.69, 9.17) is 19.9 Å². The highest BCUT2D eigenvalue weighted by molar-refractivity contribution is 7.53. The average molecular weight is 298 g/mol. The van der Waals surface area contributed by atoms with Crippen LogP contribution < -0.4 is 5.73 Å². The van der Waals surface area contributed by atoms with Crippen molar-refractivity contribution in [1.29, 1.82) is 0 Å². The van der Waals surface area contributed by atoms with Gasteiger partial charge in [0.1, 0.15) is 12.3 Å². The normalized spacial score (nSPS) is 13.7. The van der Waals surface area contributed by atoms with Crippen LogP contribution in [0.1, 0.15) is 26.7 Å². The van der Waals surface area contributed by atoms with Crippen LogP contribution in [-0.2, 0) is 18.4 Å². The third-order valence-electron chi connectivity index (χ3n) is 2.30. The summed E-state index contributed by atoms with van der Waals surface area (Å²) in [6.07, 6.45) is 0.0956. The van der Waals surface area contributed by atoms with Crippen molar-refractivity contribution in [2.45, 2.75) is 32.7 Å². The van der Waals surface area contributed by atoms with Gasteiger partial charge in [-0.15, -0.1) is 0 Å². The summed E-state index contributed by atoms with van der Waals surface area (Å²) >= 11 is 0. The fourth-order valence-electron chi connectivity index (χ4n) is 1.50. The van der Waals surface area contributed by atoms with Crippen molar-refractivity contribution in [1.82, 2.24) is 5.06 Å². The number of carboxylic acid groups (broad SMARTS) is 1. The van der Waals surface area contributed by atoms with Gasteiger partial charge < -0.3 is 25.1 Å². The molecular weight excluding hydrogens is 275 g/mol. The van der Waals surface area contributed by atoms with E-state index in [-0.39, 0.29) is 19.6 Å². The Balaban J connectivity index is 4.69. The molecule has 9 heteroatoms. The number of carboxylic acids is 1. The van der Waals surface area contributed by atoms with Crippen LogP contribution in [0.5, 0.6) is 0 Å². The second-order valence-electron chi connectivity index (χ2n) is 3.81. The van der Waals surface area contributed by atoms with Gasteiger partial charge in [0.2, 0.25) is 0 Å². The number of nitrogens with two attached hydrogens (primary N) is 1. The number of hydroxylamine groups is 2. The smallest absolute Gasteiger partial charge is 0.346 e. The topological polar surface area (TPSA) is 122 Å². The highest BCUT2D eigenvalue weighted by Crippen LogP contribution is 2.48. The number of hydrogen-bond donors (Lipinski definition) is 3. The van der Waals surface area contributed by atoms with Gasteiger partial charge in [-0.2, -0.15) is 5.06 Å². The maximum atomic E-state index is 12.2. The highest BCUT2D eigenvalue weighted by atomic mass is 31.2. The molecule has 0 spiro atoms. The van der Waals surface area contributed by atoms with Gasteiger partial charge in [-0.1, -0.05) is 0 Å². The molecule has 0 radical (unpaired) electrons. The molecule has 0 aliphatic carbocycles. The second kappa shape index (κ2) is 9.41. The van der Waals surface area contributed by atoms with Crippen LogP contribution in [0, 0.1) is 0 Å². The van der Waals surface area contributed by atoms with Crippen LogP contribution in [0.2, 0.25) is 0 Å². The Morgan fingerprint density at radius 1 is 1.37 bits per heavy atom. The molecule has 0 aromatic heterocycles. The first kappa shape index (κ1) is 18.5. The number of hydrogen-bond acceptors (Lipinski definition) is 7. The Morgan fingerprint density at radius 2 is 1.89 bits per heavy atom. The minimum atomic E-state index is -3.52. The standard InChI is InChI=1S/C10H23N2O6P/c1-3-17-19(16,18-4-2)8-12(15)9(10(13)14)6-5-7-11/h9,15H,3-8,11H2,1-2H3,(H,13,14)/t9-/m0/s1. The first-order valence-electron chi connectivity index (χ1n) is 6.16. The van der Waals surface area contributed by atoms with E-state index in [0.717, 1.165) is 0 Å². The quantitative estimate of drug-likeness (QED) is 0.383. The maximum Gasteiger partial charge on any atom is 0.346 e. The third kappa shape index (κ3) is 7.00. The molecule has 0 amide bonds. The summed E-state index contributed by atoms with van der Waals surface area (Å²) in [6, 6.07) is -1.18. The van der Waals surface area contributed by atoms with Crippen LogP contribution in [-0.4, -0.2) is 53.4 Å². The zero-order valence-electron chi connectivity index (χ0n) is 11.3. The number of aliphatic carboxylic acids is 1. The molecule has 0 rings (SSSR count). The molecule has 0 aromatic carbocycles. The van der Waals surface area contributed by atoms with Crippen molar-refractivity contribution in [2.75, 3.05) is 26.0 Å². The molecule has 0 aromatic rings. The number of rotatable bonds is 11. The van der Waals surface area contributed by atoms with Crippen LogP contribution in [0.25, 0.3) is 0 Å². The maximum absolute atomic E-state index is 12.2. The molecule has 0 aliphatic heterocycles. The highest BCUT2D eigenvalue weighted by Gasteiger charge is 2.33. The van der Waals surface area contributed by atoms with Crippen molar-refractivity contribution in [3.8, 4) is 0 Å². The number of carbonyl (C=O) groups is 1. The molecule has 4 N–H and O–H groups in total. The van der Waals surface area contributed by atoms with E-state index in [0.29, 0.717) is 18.0 Å². The summed E-state index contributed by atoms with van der Waals surface area (Å²) in [5.74, 6) is -1.21. The van der Waals surface area contributed by atoms with Crippen molar-refractivity contribution in [3.63, 3.8) is 0 Å². The first-order chi connectivity index (χ1) is 8.90. The molecule has 0 heterocycles. The molecule has 0 aliphatic rings. The van der Waals surface area contributed by atoms with E-state index in [1.54, 1.807) is 13.8 Å². The lowest BCUT2D eigenvalue weighted by molar-refractivity contribution is -0.166. The molecule has 114 valence electrons. The zero-order valence-corrected chi connectivity index (χ0v) is 12.2. The number of nitrogens with zero attached hydrogens (tertiary/aromatic N) is 1. The van der Waals surface area contributed by atoms with Gasteiger partial charge in [-0.25, -0.2) is 0 Å². The van der Waals surface area contributed by atoms with Gasteiger partial charge >= 0.3 is 13.6 Å². The Bertz CT molecular complexity index is 304. The summed E-state index contributed by atoms with van der Waals surface area (Å²) in [6.45, 7) is 3.87. The monoisotopic (exact) mass is 298 g/mol. The van der Waals surface area contributed by atoms with Gasteiger partial charge in [0.05, 0.1) is 13.2 Å². The second-order valence-corrected chi connectivity index (χ2v) is 5.83. The largest absolute Gasteiger partial charge is 0.480 e. The van der Waals surface area contributed by atoms with Crippen molar-refractivity contribution >= 4 is 13.6 Å². The van der Waals surface area contributed by atoms with Crippen LogP contribution in [0.3, 0.4) is 0 Å². The van der Waals surface area contributed by atoms with Crippen LogP contribution >= 0.6 is 7.60 Å². The summed E-state index contributed by atoms with van der Waals surface area (Å²) in [5.41, 5.74) is 5.30. The van der Waals surface area contributed by atoms with Crippen molar-refractivity contribution in [2.24, 2.45) is 5.73 Å². The Morgan fingerprint density at radius 3 is 2.26 bits per heavy atom. The predicted molar refractivity (Wildman–Crippen MR) is 69.1 cm³/mol. The fraction of sp³-hybridized carbons (Fsp3) is 0.900. The summed E-state index contributed by atoms with van der Waals surface area (Å²) in [5, 5.41) is 19.3. The van der Waals surface area contributed by atoms with E-state index in [1.807, 2.05) is 0 Å². The third-order valence-corrected chi connectivity index (χ3v) is 4.24. The average Bonchev–Trinajstić information content (AvgIpc) is 2.29. The summed E-state index contributed by atoms with van der Waals surface area (Å²) < 4.78 is 22.1. The van der Waals surface area contributed by atoms with Crippen LogP contribution in [0.15, 0.2) is 0 Å². The molecule has 19 heavy (non-hydrogen) atoms.